The van der Waals surface area contributed by atoms with Crippen LogP contribution >= 0.6 is 11.6 Å². The first-order valence-electron chi connectivity index (χ1n) is 9.69. The molecule has 0 unspecified atom stereocenters. The molecule has 0 saturated carbocycles. The minimum absolute atomic E-state index is 0.367. The zero-order valence-electron chi connectivity index (χ0n) is 16.6. The Morgan fingerprint density at radius 2 is 1.87 bits per heavy atom. The normalized spacial score (nSPS) is 13.7. The molecular formula is C22H22ClN5O2. The lowest BCUT2D eigenvalue weighted by Gasteiger charge is -2.27. The highest BCUT2D eigenvalue weighted by Gasteiger charge is 2.13. The number of anilines is 3. The van der Waals surface area contributed by atoms with Crippen molar-refractivity contribution in [3.8, 4) is 11.3 Å². The number of morpholine rings is 1. The van der Waals surface area contributed by atoms with E-state index in [2.05, 4.69) is 25.7 Å². The van der Waals surface area contributed by atoms with Crippen LogP contribution < -0.4 is 15.5 Å². The summed E-state index contributed by atoms with van der Waals surface area (Å²) in [5.41, 5.74) is 3.82. The Labute approximate surface area is 180 Å². The fourth-order valence-electron chi connectivity index (χ4n) is 3.22. The van der Waals surface area contributed by atoms with Crippen molar-refractivity contribution < 1.29 is 9.53 Å². The Bertz CT molecular complexity index is 1040. The van der Waals surface area contributed by atoms with Crippen LogP contribution in [0.5, 0.6) is 0 Å². The molecule has 1 fully saturated rings. The first-order valence-corrected chi connectivity index (χ1v) is 10.1. The van der Waals surface area contributed by atoms with Gasteiger partial charge in [-0.1, -0.05) is 29.8 Å². The Morgan fingerprint density at radius 3 is 2.63 bits per heavy atom. The summed E-state index contributed by atoms with van der Waals surface area (Å²) in [5, 5.41) is 14.8. The molecule has 0 atom stereocenters. The van der Waals surface area contributed by atoms with Gasteiger partial charge in [0.2, 0.25) is 0 Å². The van der Waals surface area contributed by atoms with E-state index in [0.29, 0.717) is 29.6 Å². The lowest BCUT2D eigenvalue weighted by Crippen LogP contribution is -2.36. The predicted molar refractivity (Wildman–Crippen MR) is 119 cm³/mol. The molecule has 2 heterocycles. The third-order valence-corrected chi connectivity index (χ3v) is 5.10. The van der Waals surface area contributed by atoms with Crippen LogP contribution in [0.2, 0.25) is 5.02 Å². The van der Waals surface area contributed by atoms with Crippen LogP contribution in [0.1, 0.15) is 5.56 Å². The fraction of sp³-hybridized carbons (Fsp3) is 0.227. The van der Waals surface area contributed by atoms with Crippen LogP contribution in [0.25, 0.3) is 11.3 Å². The number of urea groups is 1. The van der Waals surface area contributed by atoms with Crippen molar-refractivity contribution in [1.29, 1.82) is 0 Å². The average molecular weight is 424 g/mol. The van der Waals surface area contributed by atoms with Crippen molar-refractivity contribution in [1.82, 2.24) is 10.2 Å². The van der Waals surface area contributed by atoms with E-state index in [1.165, 1.54) is 0 Å². The summed E-state index contributed by atoms with van der Waals surface area (Å²) in [5.74, 6) is 0.839. The molecule has 2 amide bonds. The molecule has 1 saturated heterocycles. The molecule has 1 aliphatic rings. The van der Waals surface area contributed by atoms with Crippen LogP contribution in [-0.2, 0) is 4.74 Å². The number of nitrogens with zero attached hydrogens (tertiary/aromatic N) is 3. The Kier molecular flexibility index (Phi) is 6.11. The number of hydrogen-bond donors (Lipinski definition) is 2. The third-order valence-electron chi connectivity index (χ3n) is 4.77. The van der Waals surface area contributed by atoms with E-state index in [9.17, 15) is 4.79 Å². The lowest BCUT2D eigenvalue weighted by atomic mass is 10.1. The van der Waals surface area contributed by atoms with Gasteiger partial charge in [0.25, 0.3) is 0 Å². The molecule has 0 aliphatic carbocycles. The molecule has 1 aliphatic heterocycles. The highest BCUT2D eigenvalue weighted by atomic mass is 35.5. The first kappa shape index (κ1) is 20.1. The molecular weight excluding hydrogens is 402 g/mol. The molecule has 8 heteroatoms. The number of carbonyl (C=O) groups excluding carboxylic acids is 1. The summed E-state index contributed by atoms with van der Waals surface area (Å²) >= 11 is 6.15. The number of rotatable bonds is 4. The van der Waals surface area contributed by atoms with Gasteiger partial charge < -0.3 is 20.3 Å². The minimum Gasteiger partial charge on any atom is -0.378 e. The van der Waals surface area contributed by atoms with E-state index in [1.807, 2.05) is 55.5 Å². The number of ether oxygens (including phenoxy) is 1. The molecule has 4 rings (SSSR count). The number of aromatic nitrogens is 2. The van der Waals surface area contributed by atoms with Crippen LogP contribution in [0.4, 0.5) is 22.0 Å². The summed E-state index contributed by atoms with van der Waals surface area (Å²) in [6.07, 6.45) is 0. The molecule has 0 bridgehead atoms. The van der Waals surface area contributed by atoms with Gasteiger partial charge in [-0.05, 0) is 48.9 Å². The van der Waals surface area contributed by atoms with Gasteiger partial charge in [-0.3, -0.25) is 0 Å². The molecule has 7 nitrogen and oxygen atoms in total. The fourth-order valence-corrected chi connectivity index (χ4v) is 3.38. The van der Waals surface area contributed by atoms with Crippen molar-refractivity contribution >= 4 is 34.8 Å². The highest BCUT2D eigenvalue weighted by molar-refractivity contribution is 6.33. The summed E-state index contributed by atoms with van der Waals surface area (Å²) in [6, 6.07) is 16.5. The number of hydrogen-bond acceptors (Lipinski definition) is 5. The second kappa shape index (κ2) is 9.11. The molecule has 1 aromatic heterocycles. The Balaban J connectivity index is 1.44. The van der Waals surface area contributed by atoms with E-state index in [1.54, 1.807) is 6.07 Å². The van der Waals surface area contributed by atoms with Crippen LogP contribution in [0.3, 0.4) is 0 Å². The van der Waals surface area contributed by atoms with Gasteiger partial charge in [-0.25, -0.2) is 4.79 Å². The molecule has 154 valence electrons. The topological polar surface area (TPSA) is 79.4 Å². The van der Waals surface area contributed by atoms with E-state index in [-0.39, 0.29) is 6.03 Å². The van der Waals surface area contributed by atoms with Gasteiger partial charge >= 0.3 is 6.03 Å². The smallest absolute Gasteiger partial charge is 0.323 e. The summed E-state index contributed by atoms with van der Waals surface area (Å²) in [6.45, 7) is 4.97. The maximum absolute atomic E-state index is 12.4. The number of carbonyl (C=O) groups is 1. The molecule has 2 aromatic carbocycles. The van der Waals surface area contributed by atoms with Gasteiger partial charge in [-0.15, -0.1) is 10.2 Å². The molecule has 30 heavy (non-hydrogen) atoms. The van der Waals surface area contributed by atoms with Gasteiger partial charge in [0, 0.05) is 24.3 Å². The molecule has 0 radical (unpaired) electrons. The van der Waals surface area contributed by atoms with Gasteiger partial charge in [0.1, 0.15) is 0 Å². The predicted octanol–water partition coefficient (Wildman–Crippen LogP) is 4.59. The van der Waals surface area contributed by atoms with E-state index >= 15 is 0 Å². The third kappa shape index (κ3) is 4.87. The SMILES string of the molecule is Cc1ccc(Cl)c(NC(=O)Nc2cccc(-c3ccc(N4CCOCC4)nn3)c2)c1. The van der Waals surface area contributed by atoms with Crippen molar-refractivity contribution in [2.75, 3.05) is 41.8 Å². The van der Waals surface area contributed by atoms with E-state index in [4.69, 9.17) is 16.3 Å². The number of aryl methyl sites for hydroxylation is 1. The highest BCUT2D eigenvalue weighted by Crippen LogP contribution is 2.24. The standard InChI is InChI=1S/C22H22ClN5O2/c1-15-5-6-18(23)20(13-15)25-22(29)24-17-4-2-3-16(14-17)19-7-8-21(27-26-19)28-9-11-30-12-10-28/h2-8,13-14H,9-12H2,1H3,(H2,24,25,29). The second-order valence-electron chi connectivity index (χ2n) is 7.02. The monoisotopic (exact) mass is 423 g/mol. The Morgan fingerprint density at radius 1 is 1.03 bits per heavy atom. The molecule has 2 N–H and O–H groups in total. The van der Waals surface area contributed by atoms with Gasteiger partial charge in [-0.2, -0.15) is 0 Å². The van der Waals surface area contributed by atoms with Crippen molar-refractivity contribution in [2.24, 2.45) is 0 Å². The van der Waals surface area contributed by atoms with E-state index in [0.717, 1.165) is 35.7 Å². The summed E-state index contributed by atoms with van der Waals surface area (Å²) in [7, 11) is 0. The minimum atomic E-state index is -0.367. The number of benzene rings is 2. The van der Waals surface area contributed by atoms with Crippen molar-refractivity contribution in [3.63, 3.8) is 0 Å². The maximum atomic E-state index is 12.4. The van der Waals surface area contributed by atoms with Crippen LogP contribution in [0.15, 0.2) is 54.6 Å². The summed E-state index contributed by atoms with van der Waals surface area (Å²) in [4.78, 5) is 14.5. The summed E-state index contributed by atoms with van der Waals surface area (Å²) < 4.78 is 5.37. The van der Waals surface area contributed by atoms with Gasteiger partial charge in [0.05, 0.1) is 29.6 Å². The average Bonchev–Trinajstić information content (AvgIpc) is 2.77. The lowest BCUT2D eigenvalue weighted by molar-refractivity contribution is 0.122. The number of nitrogens with one attached hydrogen (secondary N) is 2. The van der Waals surface area contributed by atoms with E-state index < -0.39 is 0 Å². The van der Waals surface area contributed by atoms with Crippen LogP contribution in [-0.4, -0.2) is 42.5 Å². The maximum Gasteiger partial charge on any atom is 0.323 e. The van der Waals surface area contributed by atoms with Crippen LogP contribution in [0, 0.1) is 6.92 Å². The Hall–Kier alpha value is -3.16. The quantitative estimate of drug-likeness (QED) is 0.641. The first-order chi connectivity index (χ1) is 14.6. The second-order valence-corrected chi connectivity index (χ2v) is 7.43. The largest absolute Gasteiger partial charge is 0.378 e. The van der Waals surface area contributed by atoms with Gasteiger partial charge in [0.15, 0.2) is 5.82 Å². The molecule has 3 aromatic rings. The number of halogens is 1. The zero-order chi connectivity index (χ0) is 20.9. The van der Waals surface area contributed by atoms with Crippen molar-refractivity contribution in [2.45, 2.75) is 6.92 Å². The zero-order valence-corrected chi connectivity index (χ0v) is 17.3. The number of amides is 2. The molecule has 0 spiro atoms. The van der Waals surface area contributed by atoms with Crippen molar-refractivity contribution in [3.05, 3.63) is 65.2 Å².